The van der Waals surface area contributed by atoms with Crippen molar-refractivity contribution in [2.45, 2.75) is 26.3 Å². The van der Waals surface area contributed by atoms with Crippen LogP contribution in [0.4, 0.5) is 5.82 Å². The number of hydrogen-bond donors (Lipinski definition) is 1. The van der Waals surface area contributed by atoms with Gasteiger partial charge in [0.1, 0.15) is 6.33 Å². The van der Waals surface area contributed by atoms with Gasteiger partial charge in [-0.3, -0.25) is 4.40 Å². The number of nitrogens with one attached hydrogen (secondary N) is 1. The maximum atomic E-state index is 4.29. The molecule has 0 spiro atoms. The van der Waals surface area contributed by atoms with Crippen LogP contribution in [0.5, 0.6) is 0 Å². The lowest BCUT2D eigenvalue weighted by molar-refractivity contribution is 0.261. The number of nitrogens with zero attached hydrogens (tertiary/aromatic N) is 5. The summed E-state index contributed by atoms with van der Waals surface area (Å²) in [6, 6.07) is 0.601. The molecule has 18 heavy (non-hydrogen) atoms. The van der Waals surface area contributed by atoms with Crippen LogP contribution in [-0.2, 0) is 0 Å². The second kappa shape index (κ2) is 5.77. The highest BCUT2D eigenvalue weighted by molar-refractivity contribution is 5.61. The van der Waals surface area contributed by atoms with E-state index in [4.69, 9.17) is 0 Å². The summed E-state index contributed by atoms with van der Waals surface area (Å²) in [6.45, 7) is 6.26. The van der Waals surface area contributed by atoms with Crippen molar-refractivity contribution in [3.63, 3.8) is 0 Å². The Hall–Kier alpha value is -1.69. The quantitative estimate of drug-likeness (QED) is 0.834. The van der Waals surface area contributed by atoms with Gasteiger partial charge >= 0.3 is 0 Å². The van der Waals surface area contributed by atoms with Crippen LogP contribution >= 0.6 is 0 Å². The Morgan fingerprint density at radius 3 is 3.11 bits per heavy atom. The van der Waals surface area contributed by atoms with Crippen LogP contribution in [0.15, 0.2) is 18.7 Å². The first-order chi connectivity index (χ1) is 8.72. The van der Waals surface area contributed by atoms with Crippen molar-refractivity contribution in [1.29, 1.82) is 0 Å². The maximum absolute atomic E-state index is 4.29. The number of anilines is 1. The lowest BCUT2D eigenvalue weighted by Gasteiger charge is -2.23. The summed E-state index contributed by atoms with van der Waals surface area (Å²) >= 11 is 0. The van der Waals surface area contributed by atoms with E-state index < -0.39 is 0 Å². The van der Waals surface area contributed by atoms with E-state index in [1.165, 1.54) is 0 Å². The molecule has 0 saturated heterocycles. The molecule has 0 aliphatic heterocycles. The number of rotatable bonds is 6. The average molecular weight is 248 g/mol. The molecule has 6 heteroatoms. The first-order valence-electron chi connectivity index (χ1n) is 6.30. The van der Waals surface area contributed by atoms with Crippen molar-refractivity contribution in [3.8, 4) is 0 Å². The van der Waals surface area contributed by atoms with Crippen molar-refractivity contribution >= 4 is 11.5 Å². The summed E-state index contributed by atoms with van der Waals surface area (Å²) in [5, 5.41) is 11.2. The zero-order valence-electron chi connectivity index (χ0n) is 11.2. The lowest BCUT2D eigenvalue weighted by Crippen LogP contribution is -2.32. The van der Waals surface area contributed by atoms with Crippen LogP contribution in [0.1, 0.15) is 20.3 Å². The van der Waals surface area contributed by atoms with Gasteiger partial charge in [0.25, 0.3) is 0 Å². The minimum Gasteiger partial charge on any atom is -0.366 e. The van der Waals surface area contributed by atoms with Gasteiger partial charge in [-0.1, -0.05) is 6.92 Å². The van der Waals surface area contributed by atoms with Crippen molar-refractivity contribution in [1.82, 2.24) is 24.5 Å². The minimum absolute atomic E-state index is 0.601. The molecule has 2 heterocycles. The van der Waals surface area contributed by atoms with Gasteiger partial charge in [-0.05, 0) is 20.4 Å². The van der Waals surface area contributed by atoms with Gasteiger partial charge in [0.05, 0.1) is 0 Å². The molecule has 2 aromatic heterocycles. The van der Waals surface area contributed by atoms with Crippen molar-refractivity contribution in [2.75, 3.05) is 25.5 Å². The zero-order chi connectivity index (χ0) is 13.0. The fourth-order valence-electron chi connectivity index (χ4n) is 1.77. The Morgan fingerprint density at radius 1 is 1.50 bits per heavy atom. The molecule has 98 valence electrons. The normalized spacial score (nSPS) is 13.1. The summed E-state index contributed by atoms with van der Waals surface area (Å²) in [5.41, 5.74) is 0.767. The van der Waals surface area contributed by atoms with Crippen LogP contribution in [0, 0.1) is 0 Å². The summed E-state index contributed by atoms with van der Waals surface area (Å²) < 4.78 is 1.85. The van der Waals surface area contributed by atoms with E-state index in [1.807, 2.05) is 10.6 Å². The summed E-state index contributed by atoms with van der Waals surface area (Å²) in [6.07, 6.45) is 6.42. The average Bonchev–Trinajstić information content (AvgIpc) is 2.86. The molecule has 0 aliphatic carbocycles. The van der Waals surface area contributed by atoms with E-state index >= 15 is 0 Å². The molecule has 0 radical (unpaired) electrons. The smallest absolute Gasteiger partial charge is 0.203 e. The van der Waals surface area contributed by atoms with Crippen LogP contribution < -0.4 is 5.32 Å². The molecular formula is C12H20N6. The van der Waals surface area contributed by atoms with E-state index in [9.17, 15) is 0 Å². The predicted molar refractivity (Wildman–Crippen MR) is 71.7 cm³/mol. The Bertz CT molecular complexity index is 494. The largest absolute Gasteiger partial charge is 0.366 e. The Kier molecular flexibility index (Phi) is 4.09. The zero-order valence-corrected chi connectivity index (χ0v) is 11.2. The summed E-state index contributed by atoms with van der Waals surface area (Å²) in [4.78, 5) is 6.62. The molecule has 0 aromatic carbocycles. The fourth-order valence-corrected chi connectivity index (χ4v) is 1.77. The standard InChI is InChI=1S/C12H20N6/c1-4-10(2)17(3)7-5-13-11-12-16-15-9-18(12)8-6-14-11/h6,8-10H,4-5,7H2,1-3H3,(H,13,14). The fraction of sp³-hybridized carbons (Fsp3) is 0.583. The Balaban J connectivity index is 1.92. The van der Waals surface area contributed by atoms with Gasteiger partial charge in [-0.2, -0.15) is 0 Å². The molecule has 6 nitrogen and oxygen atoms in total. The predicted octanol–water partition coefficient (Wildman–Crippen LogP) is 1.27. The third kappa shape index (κ3) is 2.76. The molecule has 0 bridgehead atoms. The molecule has 2 rings (SSSR count). The molecule has 1 unspecified atom stereocenters. The Labute approximate surface area is 107 Å². The van der Waals surface area contributed by atoms with Gasteiger partial charge in [0.2, 0.25) is 5.65 Å². The van der Waals surface area contributed by atoms with Gasteiger partial charge in [0, 0.05) is 31.5 Å². The summed E-state index contributed by atoms with van der Waals surface area (Å²) in [7, 11) is 2.14. The lowest BCUT2D eigenvalue weighted by atomic mass is 10.2. The van der Waals surface area contributed by atoms with Gasteiger partial charge < -0.3 is 10.2 Å². The van der Waals surface area contributed by atoms with Gasteiger partial charge in [-0.25, -0.2) is 4.98 Å². The Morgan fingerprint density at radius 2 is 2.33 bits per heavy atom. The first-order valence-corrected chi connectivity index (χ1v) is 6.30. The highest BCUT2D eigenvalue weighted by Gasteiger charge is 2.07. The molecular weight excluding hydrogens is 228 g/mol. The number of aromatic nitrogens is 4. The van der Waals surface area contributed by atoms with E-state index in [-0.39, 0.29) is 0 Å². The van der Waals surface area contributed by atoms with Crippen LogP contribution in [0.3, 0.4) is 0 Å². The molecule has 0 fully saturated rings. The van der Waals surface area contributed by atoms with Crippen molar-refractivity contribution in [3.05, 3.63) is 18.7 Å². The molecule has 1 atom stereocenters. The summed E-state index contributed by atoms with van der Waals surface area (Å²) in [5.74, 6) is 0.785. The van der Waals surface area contributed by atoms with E-state index in [0.717, 1.165) is 31.0 Å². The van der Waals surface area contributed by atoms with Crippen LogP contribution in [-0.4, -0.2) is 50.7 Å². The van der Waals surface area contributed by atoms with Crippen LogP contribution in [0.25, 0.3) is 5.65 Å². The molecule has 0 saturated carbocycles. The van der Waals surface area contributed by atoms with Gasteiger partial charge in [-0.15, -0.1) is 10.2 Å². The highest BCUT2D eigenvalue weighted by atomic mass is 15.2. The van der Waals surface area contributed by atoms with E-state index in [0.29, 0.717) is 6.04 Å². The second-order valence-electron chi connectivity index (χ2n) is 4.50. The minimum atomic E-state index is 0.601. The van der Waals surface area contributed by atoms with E-state index in [2.05, 4.69) is 46.3 Å². The van der Waals surface area contributed by atoms with Crippen molar-refractivity contribution in [2.24, 2.45) is 0 Å². The third-order valence-electron chi connectivity index (χ3n) is 3.32. The van der Waals surface area contributed by atoms with Crippen molar-refractivity contribution < 1.29 is 0 Å². The van der Waals surface area contributed by atoms with Crippen LogP contribution in [0.2, 0.25) is 0 Å². The number of fused-ring (bicyclic) bond motifs is 1. The number of hydrogen-bond acceptors (Lipinski definition) is 5. The third-order valence-corrected chi connectivity index (χ3v) is 3.32. The highest BCUT2D eigenvalue weighted by Crippen LogP contribution is 2.09. The monoisotopic (exact) mass is 248 g/mol. The molecule has 1 N–H and O–H groups in total. The number of likely N-dealkylation sites (N-methyl/N-ethyl adjacent to an activating group) is 1. The molecule has 0 aliphatic rings. The molecule has 2 aromatic rings. The first kappa shape index (κ1) is 12.8. The maximum Gasteiger partial charge on any atom is 0.203 e. The second-order valence-corrected chi connectivity index (χ2v) is 4.50. The van der Waals surface area contributed by atoms with Gasteiger partial charge in [0.15, 0.2) is 5.82 Å². The van der Waals surface area contributed by atoms with E-state index in [1.54, 1.807) is 12.5 Å². The SMILES string of the molecule is CCC(C)N(C)CCNc1nccn2cnnc12. The topological polar surface area (TPSA) is 58.4 Å². The molecule has 0 amide bonds.